The van der Waals surface area contributed by atoms with Crippen LogP contribution in [0.2, 0.25) is 5.02 Å². The summed E-state index contributed by atoms with van der Waals surface area (Å²) in [5.74, 6) is 0. The van der Waals surface area contributed by atoms with Crippen LogP contribution in [0.25, 0.3) is 55.0 Å². The van der Waals surface area contributed by atoms with E-state index in [0.717, 1.165) is 10.7 Å². The first kappa shape index (κ1) is 21.3. The summed E-state index contributed by atoms with van der Waals surface area (Å²) in [5, 5.41) is 5.85. The maximum absolute atomic E-state index is 6.21. The van der Waals surface area contributed by atoms with E-state index in [1.54, 1.807) is 0 Å². The highest BCUT2D eigenvalue weighted by molar-refractivity contribution is 6.30. The SMILES string of the molecule is Cc1ccc2c(c1)c1cc(C)ccc1n2-c1ccc2c(c1)c1cc(C)ccc1n2-c1ccc(Cl)cc1. The molecule has 0 unspecified atom stereocenters. The molecule has 0 atom stereocenters. The summed E-state index contributed by atoms with van der Waals surface area (Å²) in [5.41, 5.74) is 10.9. The maximum atomic E-state index is 6.21. The second-order valence-electron chi connectivity index (χ2n) is 9.91. The number of aryl methyl sites for hydroxylation is 3. The molecule has 0 amide bonds. The smallest absolute Gasteiger partial charge is 0.0542 e. The van der Waals surface area contributed by atoms with Crippen molar-refractivity contribution >= 4 is 55.2 Å². The minimum Gasteiger partial charge on any atom is -0.309 e. The third-order valence-electron chi connectivity index (χ3n) is 7.32. The van der Waals surface area contributed by atoms with Crippen LogP contribution in [0, 0.1) is 20.8 Å². The van der Waals surface area contributed by atoms with Crippen molar-refractivity contribution in [3.8, 4) is 11.4 Å². The first-order valence-corrected chi connectivity index (χ1v) is 12.7. The minimum atomic E-state index is 0.745. The Hall–Kier alpha value is -4.01. The Bertz CT molecular complexity index is 1910. The minimum absolute atomic E-state index is 0.745. The van der Waals surface area contributed by atoms with E-state index in [1.165, 1.54) is 66.0 Å². The summed E-state index contributed by atoms with van der Waals surface area (Å²) >= 11 is 6.21. The first-order valence-electron chi connectivity index (χ1n) is 12.3. The number of nitrogens with zero attached hydrogens (tertiary/aromatic N) is 2. The van der Waals surface area contributed by atoms with Crippen LogP contribution >= 0.6 is 11.6 Å². The van der Waals surface area contributed by atoms with Gasteiger partial charge in [-0.05, 0) is 99.6 Å². The summed E-state index contributed by atoms with van der Waals surface area (Å²) in [6, 6.07) is 35.2. The van der Waals surface area contributed by atoms with Crippen molar-refractivity contribution in [2.24, 2.45) is 0 Å². The van der Waals surface area contributed by atoms with Crippen LogP contribution in [0.5, 0.6) is 0 Å². The molecular weight excluding hydrogens is 460 g/mol. The van der Waals surface area contributed by atoms with E-state index in [-0.39, 0.29) is 0 Å². The third-order valence-corrected chi connectivity index (χ3v) is 7.58. The Morgan fingerprint density at radius 2 is 0.778 bits per heavy atom. The van der Waals surface area contributed by atoms with Gasteiger partial charge in [-0.3, -0.25) is 0 Å². The molecule has 0 spiro atoms. The molecule has 36 heavy (non-hydrogen) atoms. The lowest BCUT2D eigenvalue weighted by atomic mass is 10.1. The van der Waals surface area contributed by atoms with Crippen LogP contribution in [0.3, 0.4) is 0 Å². The normalized spacial score (nSPS) is 11.9. The number of aromatic nitrogens is 2. The average Bonchev–Trinajstić information content (AvgIpc) is 3.36. The molecule has 2 aromatic heterocycles. The second kappa shape index (κ2) is 7.74. The van der Waals surface area contributed by atoms with Crippen molar-refractivity contribution < 1.29 is 0 Å². The van der Waals surface area contributed by atoms with E-state index in [0.29, 0.717) is 0 Å². The molecular formula is C33H25ClN2. The zero-order valence-corrected chi connectivity index (χ0v) is 21.3. The van der Waals surface area contributed by atoms with Gasteiger partial charge >= 0.3 is 0 Å². The van der Waals surface area contributed by atoms with Gasteiger partial charge in [-0.25, -0.2) is 0 Å². The fourth-order valence-electron chi connectivity index (χ4n) is 5.66. The Kier molecular flexibility index (Phi) is 4.58. The van der Waals surface area contributed by atoms with E-state index in [4.69, 9.17) is 11.6 Å². The molecule has 2 heterocycles. The molecule has 0 N–H and O–H groups in total. The quantitative estimate of drug-likeness (QED) is 0.231. The zero-order chi connectivity index (χ0) is 24.6. The van der Waals surface area contributed by atoms with Crippen molar-refractivity contribution in [1.82, 2.24) is 9.13 Å². The van der Waals surface area contributed by atoms with Crippen LogP contribution in [0.4, 0.5) is 0 Å². The van der Waals surface area contributed by atoms with Gasteiger partial charge < -0.3 is 9.13 Å². The molecule has 2 nitrogen and oxygen atoms in total. The lowest BCUT2D eigenvalue weighted by molar-refractivity contribution is 1.16. The van der Waals surface area contributed by atoms with E-state index in [2.05, 4.69) is 115 Å². The molecule has 0 aliphatic heterocycles. The lowest BCUT2D eigenvalue weighted by Gasteiger charge is -2.10. The fraction of sp³-hybridized carbons (Fsp3) is 0.0909. The number of hydrogen-bond acceptors (Lipinski definition) is 0. The van der Waals surface area contributed by atoms with E-state index in [1.807, 2.05) is 12.1 Å². The monoisotopic (exact) mass is 484 g/mol. The maximum Gasteiger partial charge on any atom is 0.0542 e. The number of hydrogen-bond donors (Lipinski definition) is 0. The fourth-order valence-corrected chi connectivity index (χ4v) is 5.79. The molecule has 7 rings (SSSR count). The molecule has 0 saturated carbocycles. The van der Waals surface area contributed by atoms with Crippen molar-refractivity contribution in [3.05, 3.63) is 119 Å². The Morgan fingerprint density at radius 3 is 1.25 bits per heavy atom. The predicted molar refractivity (Wildman–Crippen MR) is 154 cm³/mol. The van der Waals surface area contributed by atoms with Crippen LogP contribution in [0.15, 0.2) is 97.1 Å². The van der Waals surface area contributed by atoms with E-state index >= 15 is 0 Å². The molecule has 174 valence electrons. The van der Waals surface area contributed by atoms with Gasteiger partial charge in [-0.15, -0.1) is 0 Å². The first-order chi connectivity index (χ1) is 17.5. The molecule has 7 aromatic rings. The largest absolute Gasteiger partial charge is 0.309 e. The summed E-state index contributed by atoms with van der Waals surface area (Å²) in [4.78, 5) is 0. The number of benzene rings is 5. The van der Waals surface area contributed by atoms with Gasteiger partial charge in [0, 0.05) is 37.9 Å². The van der Waals surface area contributed by atoms with Gasteiger partial charge in [0.25, 0.3) is 0 Å². The molecule has 3 heteroatoms. The summed E-state index contributed by atoms with van der Waals surface area (Å²) in [6.45, 7) is 6.49. The summed E-state index contributed by atoms with van der Waals surface area (Å²) in [6.07, 6.45) is 0. The Balaban J connectivity index is 1.57. The van der Waals surface area contributed by atoms with Crippen molar-refractivity contribution in [1.29, 1.82) is 0 Å². The van der Waals surface area contributed by atoms with Gasteiger partial charge in [-0.1, -0.05) is 46.5 Å². The molecule has 0 fully saturated rings. The highest BCUT2D eigenvalue weighted by Gasteiger charge is 2.17. The van der Waals surface area contributed by atoms with Crippen LogP contribution in [-0.2, 0) is 0 Å². The van der Waals surface area contributed by atoms with Gasteiger partial charge in [-0.2, -0.15) is 0 Å². The van der Waals surface area contributed by atoms with Gasteiger partial charge in [0.1, 0.15) is 0 Å². The van der Waals surface area contributed by atoms with E-state index < -0.39 is 0 Å². The second-order valence-corrected chi connectivity index (χ2v) is 10.3. The summed E-state index contributed by atoms with van der Waals surface area (Å²) < 4.78 is 4.74. The van der Waals surface area contributed by atoms with Crippen LogP contribution in [0.1, 0.15) is 16.7 Å². The molecule has 5 aromatic carbocycles. The topological polar surface area (TPSA) is 9.86 Å². The molecule has 0 aliphatic carbocycles. The highest BCUT2D eigenvalue weighted by Crippen LogP contribution is 2.37. The molecule has 0 bridgehead atoms. The lowest BCUT2D eigenvalue weighted by Crippen LogP contribution is -1.95. The number of halogens is 1. The van der Waals surface area contributed by atoms with E-state index in [9.17, 15) is 0 Å². The van der Waals surface area contributed by atoms with Crippen LogP contribution in [-0.4, -0.2) is 9.13 Å². The standard InChI is InChI=1S/C33H25ClN2/c1-20-5-13-31-26(16-20)27-17-21(2)6-14-32(27)36(31)25-11-15-33-29(19-25)28-18-22(3)4-12-30(28)35(33)24-9-7-23(34)8-10-24/h4-19H,1-3H3. The average molecular weight is 485 g/mol. The van der Waals surface area contributed by atoms with Crippen LogP contribution < -0.4 is 0 Å². The molecule has 0 aliphatic rings. The predicted octanol–water partition coefficient (Wildman–Crippen LogP) is 9.46. The Labute approximate surface area is 215 Å². The number of fused-ring (bicyclic) bond motifs is 6. The molecule has 0 saturated heterocycles. The van der Waals surface area contributed by atoms with Crippen molar-refractivity contribution in [3.63, 3.8) is 0 Å². The highest BCUT2D eigenvalue weighted by atomic mass is 35.5. The third kappa shape index (κ3) is 3.11. The van der Waals surface area contributed by atoms with Gasteiger partial charge in [0.15, 0.2) is 0 Å². The zero-order valence-electron chi connectivity index (χ0n) is 20.5. The van der Waals surface area contributed by atoms with Crippen molar-refractivity contribution in [2.75, 3.05) is 0 Å². The van der Waals surface area contributed by atoms with Gasteiger partial charge in [0.2, 0.25) is 0 Å². The molecule has 0 radical (unpaired) electrons. The van der Waals surface area contributed by atoms with Gasteiger partial charge in [0.05, 0.1) is 22.1 Å². The Morgan fingerprint density at radius 1 is 0.417 bits per heavy atom. The number of rotatable bonds is 2. The van der Waals surface area contributed by atoms with Crippen molar-refractivity contribution in [2.45, 2.75) is 20.8 Å². The summed E-state index contributed by atoms with van der Waals surface area (Å²) in [7, 11) is 0.